The van der Waals surface area contributed by atoms with Crippen molar-refractivity contribution in [3.63, 3.8) is 0 Å². The van der Waals surface area contributed by atoms with E-state index in [4.69, 9.17) is 27.9 Å². The largest absolute Gasteiger partial charge is 0.488 e. The number of thiazole rings is 1. The molecule has 200 valence electrons. The second-order valence-electron chi connectivity index (χ2n) is 8.51. The highest BCUT2D eigenvalue weighted by atomic mass is 35.5. The zero-order valence-corrected chi connectivity index (χ0v) is 23.1. The predicted octanol–water partition coefficient (Wildman–Crippen LogP) is 8.34. The summed E-state index contributed by atoms with van der Waals surface area (Å²) in [5, 5.41) is 11.1. The number of ether oxygens (including phenoxy) is 1. The van der Waals surface area contributed by atoms with Crippen molar-refractivity contribution in [2.75, 3.05) is 5.32 Å². The molecule has 0 saturated carbocycles. The molecule has 0 bridgehead atoms. The quantitative estimate of drug-likeness (QED) is 0.134. The van der Waals surface area contributed by atoms with Gasteiger partial charge in [0, 0.05) is 43.4 Å². The van der Waals surface area contributed by atoms with E-state index in [-0.39, 0.29) is 18.3 Å². The summed E-state index contributed by atoms with van der Waals surface area (Å²) in [6.07, 6.45) is 1.43. The zero-order chi connectivity index (χ0) is 27.9. The van der Waals surface area contributed by atoms with E-state index in [1.165, 1.54) is 23.6 Å². The summed E-state index contributed by atoms with van der Waals surface area (Å²) in [7, 11) is 0. The molecule has 1 heterocycles. The van der Waals surface area contributed by atoms with E-state index >= 15 is 0 Å². The second kappa shape index (κ2) is 12.7. The van der Waals surface area contributed by atoms with Crippen molar-refractivity contribution in [2.45, 2.75) is 6.61 Å². The number of rotatable bonds is 9. The van der Waals surface area contributed by atoms with Gasteiger partial charge in [0.1, 0.15) is 18.2 Å². The molecule has 0 fully saturated rings. The number of benzene rings is 4. The van der Waals surface area contributed by atoms with E-state index in [2.05, 4.69) is 20.8 Å². The van der Waals surface area contributed by atoms with Crippen LogP contribution in [0.15, 0.2) is 101 Å². The van der Waals surface area contributed by atoms with Crippen molar-refractivity contribution < 1.29 is 13.9 Å². The van der Waals surface area contributed by atoms with Crippen LogP contribution in [0, 0.1) is 5.82 Å². The maximum atomic E-state index is 13.9. The minimum atomic E-state index is -0.387. The molecule has 40 heavy (non-hydrogen) atoms. The third-order valence-electron chi connectivity index (χ3n) is 5.73. The summed E-state index contributed by atoms with van der Waals surface area (Å²) in [4.78, 5) is 17.3. The molecule has 0 saturated heterocycles. The number of carbonyl (C=O) groups excluding carboxylic acids is 1. The van der Waals surface area contributed by atoms with E-state index < -0.39 is 0 Å². The van der Waals surface area contributed by atoms with Crippen molar-refractivity contribution in [1.29, 1.82) is 0 Å². The van der Waals surface area contributed by atoms with Gasteiger partial charge in [0.05, 0.1) is 11.9 Å². The van der Waals surface area contributed by atoms with E-state index in [9.17, 15) is 9.18 Å². The number of nitrogens with zero attached hydrogens (tertiary/aromatic N) is 2. The average Bonchev–Trinajstić information content (AvgIpc) is 3.43. The molecule has 0 radical (unpaired) electrons. The first-order valence-corrected chi connectivity index (χ1v) is 13.7. The Labute approximate surface area is 244 Å². The zero-order valence-electron chi connectivity index (χ0n) is 20.8. The maximum absolute atomic E-state index is 13.9. The molecule has 0 aliphatic rings. The fourth-order valence-electron chi connectivity index (χ4n) is 3.66. The van der Waals surface area contributed by atoms with E-state index in [0.717, 1.165) is 22.1 Å². The Balaban J connectivity index is 1.20. The molecule has 1 aromatic heterocycles. The number of halogens is 3. The first-order chi connectivity index (χ1) is 19.4. The third kappa shape index (κ3) is 7.04. The molecule has 0 aliphatic heterocycles. The number of carbonyl (C=O) groups is 1. The van der Waals surface area contributed by atoms with Gasteiger partial charge in [-0.15, -0.1) is 11.3 Å². The van der Waals surface area contributed by atoms with Gasteiger partial charge in [-0.1, -0.05) is 53.5 Å². The van der Waals surface area contributed by atoms with Gasteiger partial charge in [0.2, 0.25) is 0 Å². The average molecular weight is 591 g/mol. The maximum Gasteiger partial charge on any atom is 0.271 e. The fourth-order valence-corrected chi connectivity index (χ4v) is 4.71. The van der Waals surface area contributed by atoms with Gasteiger partial charge in [0.25, 0.3) is 5.91 Å². The van der Waals surface area contributed by atoms with Crippen molar-refractivity contribution in [1.82, 2.24) is 10.4 Å². The molecule has 0 spiro atoms. The molecule has 4 aromatic carbocycles. The number of nitrogens with one attached hydrogen (secondary N) is 2. The number of amides is 1. The highest BCUT2D eigenvalue weighted by Crippen LogP contribution is 2.28. The van der Waals surface area contributed by atoms with E-state index in [1.807, 2.05) is 41.8 Å². The van der Waals surface area contributed by atoms with Crippen molar-refractivity contribution >= 4 is 57.5 Å². The lowest BCUT2D eigenvalue weighted by Gasteiger charge is -2.10. The highest BCUT2D eigenvalue weighted by molar-refractivity contribution is 7.14. The minimum Gasteiger partial charge on any atom is -0.488 e. The summed E-state index contributed by atoms with van der Waals surface area (Å²) >= 11 is 13.5. The van der Waals surface area contributed by atoms with Gasteiger partial charge in [-0.2, -0.15) is 5.10 Å². The smallest absolute Gasteiger partial charge is 0.271 e. The number of anilines is 2. The van der Waals surface area contributed by atoms with Crippen LogP contribution in [-0.2, 0) is 6.61 Å². The molecule has 6 nitrogen and oxygen atoms in total. The van der Waals surface area contributed by atoms with Crippen molar-refractivity contribution in [3.05, 3.63) is 129 Å². The molecule has 0 unspecified atom stereocenters. The summed E-state index contributed by atoms with van der Waals surface area (Å²) in [6.45, 7) is 0.0333. The Hall–Kier alpha value is -4.24. The Morgan fingerprint density at radius 3 is 2.50 bits per heavy atom. The van der Waals surface area contributed by atoms with Gasteiger partial charge in [-0.3, -0.25) is 4.79 Å². The van der Waals surface area contributed by atoms with E-state index in [1.54, 1.807) is 48.5 Å². The normalized spacial score (nSPS) is 11.0. The summed E-state index contributed by atoms with van der Waals surface area (Å²) in [5.41, 5.74) is 6.44. The lowest BCUT2D eigenvalue weighted by molar-refractivity contribution is 0.0955. The van der Waals surface area contributed by atoms with Crippen LogP contribution in [0.5, 0.6) is 5.75 Å². The number of hydrogen-bond acceptors (Lipinski definition) is 6. The second-order valence-corrected chi connectivity index (χ2v) is 10.2. The Bertz CT molecular complexity index is 1660. The van der Waals surface area contributed by atoms with Crippen molar-refractivity contribution in [2.24, 2.45) is 5.10 Å². The summed E-state index contributed by atoms with van der Waals surface area (Å²) in [5.74, 6) is -0.292. The van der Waals surface area contributed by atoms with Crippen LogP contribution < -0.4 is 15.5 Å². The fraction of sp³-hybridized carbons (Fsp3) is 0.0333. The standard InChI is InChI=1S/C30H21Cl2FN4O2S/c31-23-9-12-25(13-10-23)35-30-36-27(18-40-30)19-5-7-20(8-6-19)29(38)37-34-16-22-15-24(32)11-14-28(22)39-17-21-3-1-2-4-26(21)33/h1-16,18H,17H2,(H,35,36)(H,37,38)/b34-16-. The molecule has 5 aromatic rings. The van der Waals surface area contributed by atoms with Crippen LogP contribution in [0.3, 0.4) is 0 Å². The first-order valence-electron chi connectivity index (χ1n) is 12.0. The van der Waals surface area contributed by atoms with Crippen LogP contribution in [0.1, 0.15) is 21.5 Å². The lowest BCUT2D eigenvalue weighted by atomic mass is 10.1. The molecule has 0 atom stereocenters. The van der Waals surface area contributed by atoms with Gasteiger partial charge < -0.3 is 10.1 Å². The molecule has 0 aliphatic carbocycles. The number of aromatic nitrogens is 1. The van der Waals surface area contributed by atoms with Crippen LogP contribution in [-0.4, -0.2) is 17.1 Å². The molecule has 5 rings (SSSR count). The summed E-state index contributed by atoms with van der Waals surface area (Å²) in [6, 6.07) is 25.8. The van der Waals surface area contributed by atoms with Gasteiger partial charge in [-0.05, 0) is 60.7 Å². The Kier molecular flexibility index (Phi) is 8.71. The SMILES string of the molecule is O=C(N/N=C\c1cc(Cl)ccc1OCc1ccccc1F)c1ccc(-c2csc(Nc3ccc(Cl)cc3)n2)cc1. The van der Waals surface area contributed by atoms with Gasteiger partial charge >= 0.3 is 0 Å². The number of hydrazone groups is 1. The van der Waals surface area contributed by atoms with Crippen LogP contribution in [0.4, 0.5) is 15.2 Å². The molecular formula is C30H21Cl2FN4O2S. The Morgan fingerprint density at radius 2 is 1.73 bits per heavy atom. The first kappa shape index (κ1) is 27.3. The van der Waals surface area contributed by atoms with Gasteiger partial charge in [-0.25, -0.2) is 14.8 Å². The van der Waals surface area contributed by atoms with Crippen LogP contribution in [0.2, 0.25) is 10.0 Å². The Morgan fingerprint density at radius 1 is 0.975 bits per heavy atom. The third-order valence-corrected chi connectivity index (χ3v) is 6.97. The minimum absolute atomic E-state index is 0.0333. The van der Waals surface area contributed by atoms with Gasteiger partial charge in [0.15, 0.2) is 5.13 Å². The molecule has 10 heteroatoms. The molecule has 2 N–H and O–H groups in total. The number of hydrogen-bond donors (Lipinski definition) is 2. The monoisotopic (exact) mass is 590 g/mol. The summed E-state index contributed by atoms with van der Waals surface area (Å²) < 4.78 is 19.7. The van der Waals surface area contributed by atoms with E-state index in [0.29, 0.717) is 32.5 Å². The van der Waals surface area contributed by atoms with Crippen LogP contribution in [0.25, 0.3) is 11.3 Å². The topological polar surface area (TPSA) is 75.6 Å². The highest BCUT2D eigenvalue weighted by Gasteiger charge is 2.10. The van der Waals surface area contributed by atoms with Crippen LogP contribution >= 0.6 is 34.5 Å². The van der Waals surface area contributed by atoms with Crippen molar-refractivity contribution in [3.8, 4) is 17.0 Å². The predicted molar refractivity (Wildman–Crippen MR) is 160 cm³/mol. The molecular weight excluding hydrogens is 570 g/mol. The lowest BCUT2D eigenvalue weighted by Crippen LogP contribution is -2.17. The molecule has 1 amide bonds.